The molecule has 1 aromatic carbocycles. The Labute approximate surface area is 125 Å². The van der Waals surface area contributed by atoms with Crippen molar-refractivity contribution in [1.82, 2.24) is 5.32 Å². The third-order valence-corrected chi connectivity index (χ3v) is 3.50. The molecule has 4 heteroatoms. The number of carbonyl (C=O) groups excluding carboxylic acids is 1. The number of nitrogens with one attached hydrogen (secondary N) is 1. The molecule has 0 spiro atoms. The Bertz CT molecular complexity index is 562. The summed E-state index contributed by atoms with van der Waals surface area (Å²) in [5, 5.41) is 3.33. The maximum Gasteiger partial charge on any atom is 0.341 e. The molecule has 0 bridgehead atoms. The van der Waals surface area contributed by atoms with Gasteiger partial charge in [-0.2, -0.15) is 0 Å². The Balaban J connectivity index is 1.72. The Morgan fingerprint density at radius 3 is 2.81 bits per heavy atom. The van der Waals surface area contributed by atoms with Crippen LogP contribution >= 0.6 is 0 Å². The maximum atomic E-state index is 11.3. The standard InChI is InChI=1S/C17H21NO3/c1-13(14-6-4-3-5-7-14)8-9-18-11-16-10-15(12-21-16)17(19)20-2/h3-7,10,12-13,18H,8-9,11H2,1-2H3. The molecule has 0 amide bonds. The van der Waals surface area contributed by atoms with Gasteiger partial charge in [-0.05, 0) is 30.5 Å². The summed E-state index contributed by atoms with van der Waals surface area (Å²) in [6, 6.07) is 12.2. The van der Waals surface area contributed by atoms with Crippen LogP contribution in [0, 0.1) is 0 Å². The predicted octanol–water partition coefficient (Wildman–Crippen LogP) is 3.35. The van der Waals surface area contributed by atoms with Crippen molar-refractivity contribution >= 4 is 5.97 Å². The van der Waals surface area contributed by atoms with Crippen LogP contribution in [0.3, 0.4) is 0 Å². The van der Waals surface area contributed by atoms with Crippen molar-refractivity contribution in [2.45, 2.75) is 25.8 Å². The minimum Gasteiger partial charge on any atom is -0.467 e. The first-order valence-electron chi connectivity index (χ1n) is 7.12. The Morgan fingerprint density at radius 2 is 2.10 bits per heavy atom. The lowest BCUT2D eigenvalue weighted by molar-refractivity contribution is 0.0600. The second-order valence-corrected chi connectivity index (χ2v) is 5.07. The highest BCUT2D eigenvalue weighted by Gasteiger charge is 2.10. The van der Waals surface area contributed by atoms with Crippen LogP contribution in [0.15, 0.2) is 47.1 Å². The predicted molar refractivity (Wildman–Crippen MR) is 81.2 cm³/mol. The molecule has 0 radical (unpaired) electrons. The summed E-state index contributed by atoms with van der Waals surface area (Å²) < 4.78 is 9.95. The first-order chi connectivity index (χ1) is 10.2. The van der Waals surface area contributed by atoms with Crippen LogP contribution in [0.25, 0.3) is 0 Å². The molecule has 4 nitrogen and oxygen atoms in total. The molecule has 0 aliphatic heterocycles. The molecule has 1 aromatic heterocycles. The minimum atomic E-state index is -0.373. The monoisotopic (exact) mass is 287 g/mol. The third-order valence-electron chi connectivity index (χ3n) is 3.50. The van der Waals surface area contributed by atoms with Gasteiger partial charge >= 0.3 is 5.97 Å². The van der Waals surface area contributed by atoms with Crippen molar-refractivity contribution in [3.8, 4) is 0 Å². The first kappa shape index (κ1) is 15.3. The van der Waals surface area contributed by atoms with Crippen molar-refractivity contribution < 1.29 is 13.9 Å². The minimum absolute atomic E-state index is 0.373. The van der Waals surface area contributed by atoms with Gasteiger partial charge in [0, 0.05) is 0 Å². The van der Waals surface area contributed by atoms with Crippen LogP contribution in [0.4, 0.5) is 0 Å². The molecule has 0 saturated heterocycles. The van der Waals surface area contributed by atoms with Gasteiger partial charge in [0.1, 0.15) is 12.0 Å². The number of esters is 1. The van der Waals surface area contributed by atoms with E-state index in [-0.39, 0.29) is 5.97 Å². The molecular formula is C17H21NO3. The van der Waals surface area contributed by atoms with E-state index in [1.54, 1.807) is 6.07 Å². The van der Waals surface area contributed by atoms with Crippen LogP contribution in [-0.2, 0) is 11.3 Å². The maximum absolute atomic E-state index is 11.3. The highest BCUT2D eigenvalue weighted by Crippen LogP contribution is 2.17. The lowest BCUT2D eigenvalue weighted by Crippen LogP contribution is -2.16. The van der Waals surface area contributed by atoms with E-state index in [2.05, 4.69) is 41.2 Å². The highest BCUT2D eigenvalue weighted by atomic mass is 16.5. The molecule has 1 atom stereocenters. The number of benzene rings is 1. The second kappa shape index (κ2) is 7.64. The highest BCUT2D eigenvalue weighted by molar-refractivity contribution is 5.88. The first-order valence-corrected chi connectivity index (χ1v) is 7.12. The lowest BCUT2D eigenvalue weighted by Gasteiger charge is -2.11. The topological polar surface area (TPSA) is 51.5 Å². The van der Waals surface area contributed by atoms with E-state index < -0.39 is 0 Å². The number of carbonyl (C=O) groups is 1. The molecule has 2 rings (SSSR count). The van der Waals surface area contributed by atoms with Gasteiger partial charge in [0.2, 0.25) is 0 Å². The van der Waals surface area contributed by atoms with E-state index in [9.17, 15) is 4.79 Å². The lowest BCUT2D eigenvalue weighted by atomic mass is 9.98. The van der Waals surface area contributed by atoms with Crippen LogP contribution < -0.4 is 5.32 Å². The van der Waals surface area contributed by atoms with Gasteiger partial charge in [0.25, 0.3) is 0 Å². The molecule has 0 fully saturated rings. The van der Waals surface area contributed by atoms with E-state index in [1.807, 2.05) is 6.07 Å². The number of methoxy groups -OCH3 is 1. The Kier molecular flexibility index (Phi) is 5.58. The molecule has 1 heterocycles. The van der Waals surface area contributed by atoms with Crippen LogP contribution in [0.5, 0.6) is 0 Å². The third kappa shape index (κ3) is 4.46. The quantitative estimate of drug-likeness (QED) is 0.627. The smallest absolute Gasteiger partial charge is 0.341 e. The fraction of sp³-hybridized carbons (Fsp3) is 0.353. The molecular weight excluding hydrogens is 266 g/mol. The molecule has 0 saturated carbocycles. The number of furan rings is 1. The van der Waals surface area contributed by atoms with Gasteiger partial charge in [-0.25, -0.2) is 4.79 Å². The van der Waals surface area contributed by atoms with Gasteiger partial charge < -0.3 is 14.5 Å². The van der Waals surface area contributed by atoms with Gasteiger partial charge in [0.15, 0.2) is 0 Å². The van der Waals surface area contributed by atoms with Gasteiger partial charge in [-0.3, -0.25) is 0 Å². The van der Waals surface area contributed by atoms with E-state index in [4.69, 9.17) is 4.42 Å². The van der Waals surface area contributed by atoms with Gasteiger partial charge in [0.05, 0.1) is 19.2 Å². The Morgan fingerprint density at radius 1 is 1.33 bits per heavy atom. The molecule has 2 aromatic rings. The van der Waals surface area contributed by atoms with Gasteiger partial charge in [-0.1, -0.05) is 37.3 Å². The summed E-state index contributed by atoms with van der Waals surface area (Å²) in [4.78, 5) is 11.3. The number of ether oxygens (including phenoxy) is 1. The van der Waals surface area contributed by atoms with Crippen molar-refractivity contribution in [2.75, 3.05) is 13.7 Å². The largest absolute Gasteiger partial charge is 0.467 e. The fourth-order valence-corrected chi connectivity index (χ4v) is 2.18. The van der Waals surface area contributed by atoms with Crippen LogP contribution in [-0.4, -0.2) is 19.6 Å². The summed E-state index contributed by atoms with van der Waals surface area (Å²) in [5.74, 6) is 0.881. The van der Waals surface area contributed by atoms with Crippen molar-refractivity contribution in [3.63, 3.8) is 0 Å². The average molecular weight is 287 g/mol. The molecule has 1 unspecified atom stereocenters. The fourth-order valence-electron chi connectivity index (χ4n) is 2.18. The molecule has 0 aliphatic rings. The van der Waals surface area contributed by atoms with E-state index >= 15 is 0 Å². The normalized spacial score (nSPS) is 12.1. The van der Waals surface area contributed by atoms with E-state index in [0.29, 0.717) is 18.0 Å². The van der Waals surface area contributed by atoms with Crippen LogP contribution in [0.1, 0.15) is 40.9 Å². The van der Waals surface area contributed by atoms with E-state index in [1.165, 1.54) is 18.9 Å². The summed E-state index contributed by atoms with van der Waals surface area (Å²) in [7, 11) is 1.36. The SMILES string of the molecule is COC(=O)c1coc(CNCCC(C)c2ccccc2)c1. The number of rotatable bonds is 7. The zero-order chi connectivity index (χ0) is 15.1. The molecule has 112 valence electrons. The van der Waals surface area contributed by atoms with E-state index in [0.717, 1.165) is 18.7 Å². The molecule has 21 heavy (non-hydrogen) atoms. The zero-order valence-electron chi connectivity index (χ0n) is 12.5. The second-order valence-electron chi connectivity index (χ2n) is 5.07. The van der Waals surface area contributed by atoms with Gasteiger partial charge in [-0.15, -0.1) is 0 Å². The summed E-state index contributed by atoms with van der Waals surface area (Å²) >= 11 is 0. The van der Waals surface area contributed by atoms with Crippen LogP contribution in [0.2, 0.25) is 0 Å². The van der Waals surface area contributed by atoms with Crippen molar-refractivity contribution in [3.05, 3.63) is 59.5 Å². The summed E-state index contributed by atoms with van der Waals surface area (Å²) in [5.41, 5.74) is 1.80. The number of hydrogen-bond donors (Lipinski definition) is 1. The van der Waals surface area contributed by atoms with Crippen molar-refractivity contribution in [2.24, 2.45) is 0 Å². The number of hydrogen-bond acceptors (Lipinski definition) is 4. The summed E-state index contributed by atoms with van der Waals surface area (Å²) in [6.07, 6.45) is 2.48. The Hall–Kier alpha value is -2.07. The summed E-state index contributed by atoms with van der Waals surface area (Å²) in [6.45, 7) is 3.72. The van der Waals surface area contributed by atoms with Crippen molar-refractivity contribution in [1.29, 1.82) is 0 Å². The molecule has 0 aliphatic carbocycles. The molecule has 1 N–H and O–H groups in total. The zero-order valence-corrected chi connectivity index (χ0v) is 12.5. The average Bonchev–Trinajstić information content (AvgIpc) is 3.00.